The number of rotatable bonds is 10. The number of hydrogen-bond acceptors (Lipinski definition) is 8. The molecule has 0 fully saturated rings. The largest absolute Gasteiger partial charge is 0.497 e. The molecule has 1 N–H and O–H groups in total. The van der Waals surface area contributed by atoms with E-state index in [4.69, 9.17) is 9.47 Å². The van der Waals surface area contributed by atoms with E-state index in [1.165, 1.54) is 25.3 Å². The topological polar surface area (TPSA) is 125 Å². The van der Waals surface area contributed by atoms with Crippen LogP contribution in [0, 0.1) is 10.1 Å². The van der Waals surface area contributed by atoms with E-state index in [0.29, 0.717) is 22.4 Å². The predicted molar refractivity (Wildman–Crippen MR) is 128 cm³/mol. The number of anilines is 1. The molecule has 0 radical (unpaired) electrons. The molecule has 9 nitrogen and oxygen atoms in total. The van der Waals surface area contributed by atoms with Crippen LogP contribution in [0.25, 0.3) is 11.1 Å². The van der Waals surface area contributed by atoms with E-state index in [9.17, 15) is 24.5 Å². The van der Waals surface area contributed by atoms with Gasteiger partial charge in [-0.15, -0.1) is 11.3 Å². The summed E-state index contributed by atoms with van der Waals surface area (Å²) < 4.78 is 10.2. The lowest BCUT2D eigenvalue weighted by Gasteiger charge is -2.09. The quantitative estimate of drug-likeness (QED) is 0.184. The molecular weight excluding hydrogens is 460 g/mol. The van der Waals surface area contributed by atoms with Gasteiger partial charge in [0.05, 0.1) is 18.6 Å². The standard InChI is InChI=1S/C24H22N2O7S/c1-3-33-24(29)22-19(16-5-4-6-17(13-16)26(30)31)14-34-23(22)25-21(28)12-11-20(27)15-7-9-18(32-2)10-8-15/h4-10,13-14H,3,11-12H2,1-2H3,(H,25,28). The molecule has 34 heavy (non-hydrogen) atoms. The maximum absolute atomic E-state index is 12.7. The highest BCUT2D eigenvalue weighted by Gasteiger charge is 2.24. The number of benzene rings is 2. The fourth-order valence-electron chi connectivity index (χ4n) is 3.19. The number of ether oxygens (including phenoxy) is 2. The molecule has 3 rings (SSSR count). The Labute approximate surface area is 199 Å². The van der Waals surface area contributed by atoms with Gasteiger partial charge < -0.3 is 14.8 Å². The number of carbonyl (C=O) groups is 3. The van der Waals surface area contributed by atoms with Crippen molar-refractivity contribution in [1.82, 2.24) is 0 Å². The lowest BCUT2D eigenvalue weighted by atomic mass is 10.0. The van der Waals surface area contributed by atoms with Crippen LogP contribution >= 0.6 is 11.3 Å². The zero-order chi connectivity index (χ0) is 24.7. The first kappa shape index (κ1) is 24.6. The third kappa shape index (κ3) is 5.84. The maximum Gasteiger partial charge on any atom is 0.341 e. The number of amides is 1. The maximum atomic E-state index is 12.7. The summed E-state index contributed by atoms with van der Waals surface area (Å²) in [5.74, 6) is -0.681. The van der Waals surface area contributed by atoms with E-state index in [0.717, 1.165) is 11.3 Å². The number of methoxy groups -OCH3 is 1. The molecular formula is C24H22N2O7S. The summed E-state index contributed by atoms with van der Waals surface area (Å²) in [6.07, 6.45) is -0.104. The van der Waals surface area contributed by atoms with Crippen LogP contribution in [-0.4, -0.2) is 36.3 Å². The second kappa shape index (κ2) is 11.2. The van der Waals surface area contributed by atoms with Crippen molar-refractivity contribution in [3.63, 3.8) is 0 Å². The smallest absolute Gasteiger partial charge is 0.341 e. The van der Waals surface area contributed by atoms with Crippen LogP contribution in [-0.2, 0) is 9.53 Å². The highest BCUT2D eigenvalue weighted by atomic mass is 32.1. The van der Waals surface area contributed by atoms with Crippen molar-refractivity contribution in [3.05, 3.63) is 75.2 Å². The first-order chi connectivity index (χ1) is 16.3. The molecule has 0 aliphatic heterocycles. The van der Waals surface area contributed by atoms with Crippen molar-refractivity contribution in [2.24, 2.45) is 0 Å². The molecule has 3 aromatic rings. The molecule has 0 aliphatic rings. The molecule has 0 bridgehead atoms. The van der Waals surface area contributed by atoms with E-state index in [2.05, 4.69) is 5.32 Å². The number of thiophene rings is 1. The molecule has 0 saturated carbocycles. The molecule has 0 saturated heterocycles. The molecule has 0 unspecified atom stereocenters. The van der Waals surface area contributed by atoms with Gasteiger partial charge in [-0.3, -0.25) is 19.7 Å². The van der Waals surface area contributed by atoms with Gasteiger partial charge in [-0.1, -0.05) is 12.1 Å². The number of non-ortho nitro benzene ring substituents is 1. The number of nitro groups is 1. The number of Topliss-reactive ketones (excluding diaryl/α,β-unsaturated/α-hetero) is 1. The van der Waals surface area contributed by atoms with Gasteiger partial charge in [0.2, 0.25) is 5.91 Å². The fourth-order valence-corrected chi connectivity index (χ4v) is 4.17. The second-order valence-corrected chi connectivity index (χ2v) is 7.96. The van der Waals surface area contributed by atoms with E-state index >= 15 is 0 Å². The summed E-state index contributed by atoms with van der Waals surface area (Å²) >= 11 is 1.10. The zero-order valence-corrected chi connectivity index (χ0v) is 19.3. The average Bonchev–Trinajstić information content (AvgIpc) is 3.26. The molecule has 1 heterocycles. The minimum absolute atomic E-state index is 0.0178. The monoisotopic (exact) mass is 482 g/mol. The third-order valence-electron chi connectivity index (χ3n) is 4.88. The molecule has 176 valence electrons. The van der Waals surface area contributed by atoms with Gasteiger partial charge in [-0.05, 0) is 36.8 Å². The minimum Gasteiger partial charge on any atom is -0.497 e. The Morgan fingerprint density at radius 3 is 2.47 bits per heavy atom. The average molecular weight is 483 g/mol. The summed E-state index contributed by atoms with van der Waals surface area (Å²) in [6.45, 7) is 1.77. The lowest BCUT2D eigenvalue weighted by molar-refractivity contribution is -0.384. The van der Waals surface area contributed by atoms with Gasteiger partial charge in [-0.25, -0.2) is 4.79 Å². The Balaban J connectivity index is 1.77. The van der Waals surface area contributed by atoms with Gasteiger partial charge in [0, 0.05) is 41.5 Å². The van der Waals surface area contributed by atoms with E-state index in [1.54, 1.807) is 42.6 Å². The Morgan fingerprint density at radius 2 is 1.82 bits per heavy atom. The first-order valence-corrected chi connectivity index (χ1v) is 11.2. The van der Waals surface area contributed by atoms with Crippen molar-refractivity contribution in [2.45, 2.75) is 19.8 Å². The van der Waals surface area contributed by atoms with Crippen LogP contribution in [0.5, 0.6) is 5.75 Å². The fraction of sp³-hybridized carbons (Fsp3) is 0.208. The highest BCUT2D eigenvalue weighted by Crippen LogP contribution is 2.37. The number of ketones is 1. The van der Waals surface area contributed by atoms with Crippen LogP contribution in [0.1, 0.15) is 40.5 Å². The van der Waals surface area contributed by atoms with Crippen molar-refractivity contribution < 1.29 is 28.8 Å². The predicted octanol–water partition coefficient (Wildman–Crippen LogP) is 5.11. The van der Waals surface area contributed by atoms with Gasteiger partial charge in [0.15, 0.2) is 5.78 Å². The van der Waals surface area contributed by atoms with Crippen LogP contribution in [0.15, 0.2) is 53.9 Å². The van der Waals surface area contributed by atoms with E-state index in [1.807, 2.05) is 0 Å². The number of nitrogens with one attached hydrogen (secondary N) is 1. The molecule has 10 heteroatoms. The number of nitro benzene ring substituents is 1. The number of nitrogens with zero attached hydrogens (tertiary/aromatic N) is 1. The summed E-state index contributed by atoms with van der Waals surface area (Å²) in [5.41, 5.74) is 1.31. The molecule has 1 amide bonds. The van der Waals surface area contributed by atoms with Crippen molar-refractivity contribution >= 4 is 39.7 Å². The van der Waals surface area contributed by atoms with Crippen molar-refractivity contribution in [3.8, 4) is 16.9 Å². The van der Waals surface area contributed by atoms with Crippen LogP contribution in [0.2, 0.25) is 0 Å². The van der Waals surface area contributed by atoms with Crippen LogP contribution in [0.3, 0.4) is 0 Å². The van der Waals surface area contributed by atoms with Crippen LogP contribution < -0.4 is 10.1 Å². The Kier molecular flexibility index (Phi) is 8.10. The summed E-state index contributed by atoms with van der Waals surface area (Å²) in [4.78, 5) is 48.2. The van der Waals surface area contributed by atoms with Gasteiger partial charge in [0.1, 0.15) is 16.3 Å². The van der Waals surface area contributed by atoms with Crippen molar-refractivity contribution in [2.75, 3.05) is 19.0 Å². The SMILES string of the molecule is CCOC(=O)c1c(-c2cccc([N+](=O)[O-])c2)csc1NC(=O)CCC(=O)c1ccc(OC)cc1. The van der Waals surface area contributed by atoms with Crippen LogP contribution in [0.4, 0.5) is 10.7 Å². The van der Waals surface area contributed by atoms with E-state index in [-0.39, 0.29) is 41.5 Å². The Bertz CT molecular complexity index is 1220. The summed E-state index contributed by atoms with van der Waals surface area (Å²) in [7, 11) is 1.53. The molecule has 0 spiro atoms. The van der Waals surface area contributed by atoms with Gasteiger partial charge in [0.25, 0.3) is 5.69 Å². The second-order valence-electron chi connectivity index (χ2n) is 7.08. The molecule has 0 aliphatic carbocycles. The van der Waals surface area contributed by atoms with Gasteiger partial charge >= 0.3 is 5.97 Å². The third-order valence-corrected chi connectivity index (χ3v) is 5.78. The summed E-state index contributed by atoms with van der Waals surface area (Å²) in [6, 6.07) is 12.4. The Morgan fingerprint density at radius 1 is 1.09 bits per heavy atom. The number of esters is 1. The minimum atomic E-state index is -0.658. The van der Waals surface area contributed by atoms with E-state index < -0.39 is 16.8 Å². The number of hydrogen-bond donors (Lipinski definition) is 1. The summed E-state index contributed by atoms with van der Waals surface area (Å²) in [5, 5.41) is 15.7. The zero-order valence-electron chi connectivity index (χ0n) is 18.5. The molecule has 1 aromatic heterocycles. The van der Waals surface area contributed by atoms with Crippen molar-refractivity contribution in [1.29, 1.82) is 0 Å². The first-order valence-electron chi connectivity index (χ1n) is 10.3. The number of carbonyl (C=O) groups excluding carboxylic acids is 3. The molecule has 2 aromatic carbocycles. The molecule has 0 atom stereocenters. The highest BCUT2D eigenvalue weighted by molar-refractivity contribution is 7.15. The van der Waals surface area contributed by atoms with Gasteiger partial charge in [-0.2, -0.15) is 0 Å². The Hall–Kier alpha value is -4.05. The lowest BCUT2D eigenvalue weighted by Crippen LogP contribution is -2.15. The normalized spacial score (nSPS) is 10.4.